The van der Waals surface area contributed by atoms with E-state index in [9.17, 15) is 4.79 Å². The Hall–Kier alpha value is -1.53. The monoisotopic (exact) mass is 350 g/mol. The Labute approximate surface area is 144 Å². The second kappa shape index (κ2) is 7.84. The number of benzene rings is 1. The van der Waals surface area contributed by atoms with Crippen molar-refractivity contribution in [2.24, 2.45) is 5.92 Å². The Morgan fingerprint density at radius 2 is 2.04 bits per heavy atom. The van der Waals surface area contributed by atoms with E-state index in [1.807, 2.05) is 0 Å². The van der Waals surface area contributed by atoms with E-state index in [-0.39, 0.29) is 11.7 Å². The van der Waals surface area contributed by atoms with Gasteiger partial charge in [0.2, 0.25) is 11.1 Å². The number of H-pyrrole nitrogens is 1. The highest BCUT2D eigenvalue weighted by Gasteiger charge is 2.17. The number of anilines is 1. The van der Waals surface area contributed by atoms with E-state index in [0.717, 1.165) is 23.9 Å². The number of thioether (sulfide) groups is 1. The second-order valence-electron chi connectivity index (χ2n) is 5.76. The molecular formula is C16H19ClN4OS. The Morgan fingerprint density at radius 1 is 1.30 bits per heavy atom. The van der Waals surface area contributed by atoms with Gasteiger partial charge in [0.05, 0.1) is 5.75 Å². The fourth-order valence-electron chi connectivity index (χ4n) is 2.78. The lowest BCUT2D eigenvalue weighted by molar-refractivity contribution is -0.113. The van der Waals surface area contributed by atoms with Crippen LogP contribution >= 0.6 is 23.4 Å². The van der Waals surface area contributed by atoms with Crippen molar-refractivity contribution in [2.45, 2.75) is 37.3 Å². The van der Waals surface area contributed by atoms with Crippen molar-refractivity contribution < 1.29 is 4.79 Å². The highest BCUT2D eigenvalue weighted by Crippen LogP contribution is 2.27. The van der Waals surface area contributed by atoms with Gasteiger partial charge in [-0.1, -0.05) is 49.0 Å². The number of aromatic amines is 1. The highest BCUT2D eigenvalue weighted by atomic mass is 35.5. The molecule has 2 aromatic rings. The van der Waals surface area contributed by atoms with E-state index in [1.165, 1.54) is 37.4 Å². The Bertz CT molecular complexity index is 652. The third kappa shape index (κ3) is 4.97. The number of nitrogens with zero attached hydrogens (tertiary/aromatic N) is 2. The summed E-state index contributed by atoms with van der Waals surface area (Å²) in [7, 11) is 0. The standard InChI is InChI=1S/C16H19ClN4OS/c17-12-5-7-13(8-6-12)18-15(22)10-23-16-19-14(20-21-16)9-11-3-1-2-4-11/h5-8,11H,1-4,9-10H2,(H,18,22)(H,19,20,21). The maximum atomic E-state index is 11.9. The molecule has 0 radical (unpaired) electrons. The third-order valence-corrected chi connectivity index (χ3v) is 5.03. The number of carbonyl (C=O) groups is 1. The lowest BCUT2D eigenvalue weighted by Crippen LogP contribution is -2.13. The minimum absolute atomic E-state index is 0.0838. The van der Waals surface area contributed by atoms with Crippen molar-refractivity contribution in [2.75, 3.05) is 11.1 Å². The summed E-state index contributed by atoms with van der Waals surface area (Å²) in [5.74, 6) is 1.86. The quantitative estimate of drug-likeness (QED) is 0.774. The smallest absolute Gasteiger partial charge is 0.234 e. The van der Waals surface area contributed by atoms with E-state index in [0.29, 0.717) is 10.2 Å². The molecule has 5 nitrogen and oxygen atoms in total. The highest BCUT2D eigenvalue weighted by molar-refractivity contribution is 7.99. The van der Waals surface area contributed by atoms with Crippen LogP contribution in [-0.2, 0) is 11.2 Å². The van der Waals surface area contributed by atoms with Gasteiger partial charge in [-0.3, -0.25) is 9.89 Å². The molecule has 0 aliphatic heterocycles. The van der Waals surface area contributed by atoms with E-state index in [1.54, 1.807) is 24.3 Å². The van der Waals surface area contributed by atoms with E-state index in [2.05, 4.69) is 20.5 Å². The predicted octanol–water partition coefficient (Wildman–Crippen LogP) is 3.92. The molecule has 3 rings (SSSR count). The fraction of sp³-hybridized carbons (Fsp3) is 0.438. The number of hydrogen-bond donors (Lipinski definition) is 2. The van der Waals surface area contributed by atoms with Gasteiger partial charge in [-0.2, -0.15) is 0 Å². The molecule has 1 amide bonds. The van der Waals surface area contributed by atoms with Gasteiger partial charge in [-0.15, -0.1) is 5.10 Å². The van der Waals surface area contributed by atoms with Crippen molar-refractivity contribution >= 4 is 35.0 Å². The summed E-state index contributed by atoms with van der Waals surface area (Å²) in [4.78, 5) is 16.4. The number of aromatic nitrogens is 3. The average molecular weight is 351 g/mol. The summed E-state index contributed by atoms with van der Waals surface area (Å²) in [5, 5.41) is 11.3. The molecule has 0 bridgehead atoms. The van der Waals surface area contributed by atoms with Gasteiger partial charge in [-0.05, 0) is 30.2 Å². The second-order valence-corrected chi connectivity index (χ2v) is 7.14. The maximum Gasteiger partial charge on any atom is 0.234 e. The molecule has 1 heterocycles. The number of hydrogen-bond acceptors (Lipinski definition) is 4. The zero-order chi connectivity index (χ0) is 16.1. The van der Waals surface area contributed by atoms with Crippen LogP contribution in [0.25, 0.3) is 0 Å². The zero-order valence-electron chi connectivity index (χ0n) is 12.7. The number of rotatable bonds is 6. The van der Waals surface area contributed by atoms with Crippen LogP contribution in [0.4, 0.5) is 5.69 Å². The molecule has 1 saturated carbocycles. The number of halogens is 1. The molecule has 1 aliphatic carbocycles. The summed E-state index contributed by atoms with van der Waals surface area (Å²) in [6.07, 6.45) is 6.18. The summed E-state index contributed by atoms with van der Waals surface area (Å²) in [5.41, 5.74) is 0.733. The van der Waals surface area contributed by atoms with Gasteiger partial charge in [0.25, 0.3) is 0 Å². The van der Waals surface area contributed by atoms with Crippen molar-refractivity contribution in [3.63, 3.8) is 0 Å². The molecule has 122 valence electrons. The van der Waals surface area contributed by atoms with Gasteiger partial charge < -0.3 is 5.32 Å². The van der Waals surface area contributed by atoms with Crippen LogP contribution in [0.5, 0.6) is 0 Å². The van der Waals surface area contributed by atoms with Crippen molar-refractivity contribution in [3.8, 4) is 0 Å². The van der Waals surface area contributed by atoms with Gasteiger partial charge in [0.1, 0.15) is 5.82 Å². The molecule has 1 fully saturated rings. The molecule has 23 heavy (non-hydrogen) atoms. The molecule has 0 saturated heterocycles. The first-order chi connectivity index (χ1) is 11.2. The van der Waals surface area contributed by atoms with Crippen molar-refractivity contribution in [1.82, 2.24) is 15.2 Å². The first kappa shape index (κ1) is 16.3. The molecule has 0 unspecified atom stereocenters. The van der Waals surface area contributed by atoms with Gasteiger partial charge >= 0.3 is 0 Å². The van der Waals surface area contributed by atoms with Crippen LogP contribution in [0, 0.1) is 5.92 Å². The Balaban J connectivity index is 1.45. The predicted molar refractivity (Wildman–Crippen MR) is 92.9 cm³/mol. The number of nitrogens with one attached hydrogen (secondary N) is 2. The molecule has 2 N–H and O–H groups in total. The Kier molecular flexibility index (Phi) is 5.56. The summed E-state index contributed by atoms with van der Waals surface area (Å²) < 4.78 is 0. The lowest BCUT2D eigenvalue weighted by Gasteiger charge is -2.04. The molecule has 0 spiro atoms. The minimum atomic E-state index is -0.0838. The van der Waals surface area contributed by atoms with Crippen LogP contribution < -0.4 is 5.32 Å². The van der Waals surface area contributed by atoms with Crippen LogP contribution in [0.3, 0.4) is 0 Å². The first-order valence-corrected chi connectivity index (χ1v) is 9.15. The lowest BCUT2D eigenvalue weighted by atomic mass is 10.0. The van der Waals surface area contributed by atoms with Gasteiger partial charge in [0, 0.05) is 17.1 Å². The average Bonchev–Trinajstić information content (AvgIpc) is 3.20. The van der Waals surface area contributed by atoms with E-state index < -0.39 is 0 Å². The summed E-state index contributed by atoms with van der Waals surface area (Å²) in [6, 6.07) is 7.04. The molecule has 1 aliphatic rings. The van der Waals surface area contributed by atoms with Gasteiger partial charge in [-0.25, -0.2) is 4.98 Å². The summed E-state index contributed by atoms with van der Waals surface area (Å²) in [6.45, 7) is 0. The number of amides is 1. The maximum absolute atomic E-state index is 11.9. The SMILES string of the molecule is O=C(CSc1n[nH]c(CC2CCCC2)n1)Nc1ccc(Cl)cc1. The fourth-order valence-corrected chi connectivity index (χ4v) is 3.53. The molecule has 0 atom stereocenters. The van der Waals surface area contributed by atoms with E-state index in [4.69, 9.17) is 11.6 Å². The molecule has 1 aromatic heterocycles. The van der Waals surface area contributed by atoms with Crippen LogP contribution in [0.2, 0.25) is 5.02 Å². The minimum Gasteiger partial charge on any atom is -0.325 e. The number of carbonyl (C=O) groups excluding carboxylic acids is 1. The largest absolute Gasteiger partial charge is 0.325 e. The Morgan fingerprint density at radius 3 is 2.78 bits per heavy atom. The van der Waals surface area contributed by atoms with Crippen LogP contribution in [0.15, 0.2) is 29.4 Å². The molecular weight excluding hydrogens is 332 g/mol. The molecule has 7 heteroatoms. The molecule has 1 aromatic carbocycles. The first-order valence-electron chi connectivity index (χ1n) is 7.78. The van der Waals surface area contributed by atoms with Crippen molar-refractivity contribution in [1.29, 1.82) is 0 Å². The summed E-state index contributed by atoms with van der Waals surface area (Å²) >= 11 is 7.15. The van der Waals surface area contributed by atoms with Gasteiger partial charge in [0.15, 0.2) is 0 Å². The van der Waals surface area contributed by atoms with Crippen LogP contribution in [0.1, 0.15) is 31.5 Å². The van der Waals surface area contributed by atoms with Crippen molar-refractivity contribution in [3.05, 3.63) is 35.1 Å². The van der Waals surface area contributed by atoms with Crippen LogP contribution in [-0.4, -0.2) is 26.8 Å². The van der Waals surface area contributed by atoms with E-state index >= 15 is 0 Å². The third-order valence-electron chi connectivity index (χ3n) is 3.93. The zero-order valence-corrected chi connectivity index (χ0v) is 14.3. The normalized spacial score (nSPS) is 15.0. The topological polar surface area (TPSA) is 70.7 Å².